The maximum atomic E-state index is 11.7. The topological polar surface area (TPSA) is 116 Å². The summed E-state index contributed by atoms with van der Waals surface area (Å²) >= 11 is 0. The van der Waals surface area contributed by atoms with Crippen molar-refractivity contribution in [3.8, 4) is 24.2 Å². The smallest absolute Gasteiger partial charge is 0.412 e. The molecule has 0 bridgehead atoms. The van der Waals surface area contributed by atoms with Crippen molar-refractivity contribution < 1.29 is 14.4 Å². The maximum absolute atomic E-state index is 11.7. The molecule has 3 aromatic rings. The third kappa shape index (κ3) is 7.46. The Morgan fingerprint density at radius 3 is 2.76 bits per heavy atom. The number of rotatable bonds is 9. The second kappa shape index (κ2) is 13.0. The van der Waals surface area contributed by atoms with Crippen molar-refractivity contribution in [2.75, 3.05) is 18.5 Å². The van der Waals surface area contributed by atoms with Gasteiger partial charge in [-0.3, -0.25) is 5.32 Å². The molecule has 10 nitrogen and oxygen atoms in total. The van der Waals surface area contributed by atoms with Gasteiger partial charge in [0.15, 0.2) is 12.3 Å². The van der Waals surface area contributed by atoms with E-state index in [1.807, 2.05) is 36.4 Å². The first-order valence-corrected chi connectivity index (χ1v) is 10.4. The number of amides is 1. The molecule has 10 heteroatoms. The molecule has 1 amide bonds. The van der Waals surface area contributed by atoms with Crippen LogP contribution < -0.4 is 5.32 Å². The highest BCUT2D eigenvalue weighted by molar-refractivity contribution is 6.10. The van der Waals surface area contributed by atoms with Gasteiger partial charge in [0.2, 0.25) is 5.82 Å². The fourth-order valence-corrected chi connectivity index (χ4v) is 2.74. The van der Waals surface area contributed by atoms with E-state index in [-0.39, 0.29) is 13.2 Å². The molecule has 1 N–H and O–H groups in total. The molecular formula is C24H23N7O3. The second-order valence-corrected chi connectivity index (χ2v) is 6.79. The molecule has 0 aliphatic rings. The Morgan fingerprint density at radius 1 is 1.15 bits per heavy atom. The van der Waals surface area contributed by atoms with E-state index in [4.69, 9.17) is 16.0 Å². The molecule has 0 aliphatic heterocycles. The van der Waals surface area contributed by atoms with Crippen LogP contribution in [-0.4, -0.2) is 50.2 Å². The van der Waals surface area contributed by atoms with Gasteiger partial charge in [0.05, 0.1) is 0 Å². The van der Waals surface area contributed by atoms with Crippen molar-refractivity contribution in [3.05, 3.63) is 65.6 Å². The lowest BCUT2D eigenvalue weighted by atomic mass is 10.1. The number of nitrogens with zero attached hydrogens (tertiary/aromatic N) is 6. The standard InChI is InChI=1S/C24H23N7O3/c1-3-4-17-33-24(32)26-21-16-11-15-20(25-21)14-9-6-10-18-34-28-22(19-12-7-5-8-13-19)23-27-29-30-31(23)2/h1,5,7-8,11-13,15-16H,4,9,14,17-18H2,2H3,(H,25,26,32)/b28-22-. The van der Waals surface area contributed by atoms with E-state index >= 15 is 0 Å². The molecule has 3 rings (SSSR count). The Bertz CT molecular complexity index is 1220. The summed E-state index contributed by atoms with van der Waals surface area (Å²) in [7, 11) is 1.73. The van der Waals surface area contributed by atoms with Crippen molar-refractivity contribution in [2.24, 2.45) is 12.2 Å². The molecule has 172 valence electrons. The van der Waals surface area contributed by atoms with Gasteiger partial charge in [0.25, 0.3) is 0 Å². The molecule has 0 saturated heterocycles. The van der Waals surface area contributed by atoms with Crippen LogP contribution in [0.5, 0.6) is 0 Å². The Hall–Kier alpha value is -4.70. The van der Waals surface area contributed by atoms with E-state index in [0.29, 0.717) is 36.6 Å². The summed E-state index contributed by atoms with van der Waals surface area (Å²) in [6, 6.07) is 14.8. The van der Waals surface area contributed by atoms with Gasteiger partial charge in [0.1, 0.15) is 12.4 Å². The van der Waals surface area contributed by atoms with E-state index in [9.17, 15) is 4.79 Å². The summed E-state index contributed by atoms with van der Waals surface area (Å²) in [5, 5.41) is 18.3. The number of ether oxygens (including phenoxy) is 1. The third-order valence-electron chi connectivity index (χ3n) is 4.32. The van der Waals surface area contributed by atoms with Crippen molar-refractivity contribution in [1.82, 2.24) is 25.2 Å². The zero-order valence-corrected chi connectivity index (χ0v) is 18.6. The number of anilines is 1. The van der Waals surface area contributed by atoms with Crippen LogP contribution in [0.2, 0.25) is 0 Å². The van der Waals surface area contributed by atoms with E-state index in [0.717, 1.165) is 11.3 Å². The molecule has 0 saturated carbocycles. The van der Waals surface area contributed by atoms with Gasteiger partial charge in [-0.25, -0.2) is 14.5 Å². The zero-order chi connectivity index (χ0) is 24.0. The van der Waals surface area contributed by atoms with Crippen LogP contribution >= 0.6 is 0 Å². The second-order valence-electron chi connectivity index (χ2n) is 6.79. The summed E-state index contributed by atoms with van der Waals surface area (Å²) in [6.07, 6.45) is 6.07. The first-order valence-electron chi connectivity index (χ1n) is 10.4. The summed E-state index contributed by atoms with van der Waals surface area (Å²) in [4.78, 5) is 21.5. The number of hydrogen-bond donors (Lipinski definition) is 1. The average Bonchev–Trinajstić information content (AvgIpc) is 3.27. The normalized spacial score (nSPS) is 10.5. The number of hydrogen-bond acceptors (Lipinski definition) is 8. The number of carbonyl (C=O) groups is 1. The van der Waals surface area contributed by atoms with E-state index in [1.54, 1.807) is 19.2 Å². The van der Waals surface area contributed by atoms with Gasteiger partial charge in [-0.05, 0) is 22.6 Å². The van der Waals surface area contributed by atoms with Crippen LogP contribution in [0.25, 0.3) is 0 Å². The van der Waals surface area contributed by atoms with Gasteiger partial charge in [-0.1, -0.05) is 53.4 Å². The molecule has 2 heterocycles. The molecule has 1 aromatic carbocycles. The molecule has 0 radical (unpaired) electrons. The molecule has 2 aromatic heterocycles. The number of carbonyl (C=O) groups excluding carboxylic acids is 1. The van der Waals surface area contributed by atoms with Gasteiger partial charge >= 0.3 is 6.09 Å². The zero-order valence-electron chi connectivity index (χ0n) is 18.6. The van der Waals surface area contributed by atoms with Crippen LogP contribution in [0.3, 0.4) is 0 Å². The first kappa shape index (κ1) is 24.0. The lowest BCUT2D eigenvalue weighted by molar-refractivity contribution is 0.164. The Labute approximate surface area is 197 Å². The van der Waals surface area contributed by atoms with Crippen molar-refractivity contribution in [2.45, 2.75) is 19.3 Å². The number of benzene rings is 1. The van der Waals surface area contributed by atoms with Crippen LogP contribution in [-0.2, 0) is 23.0 Å². The highest BCUT2D eigenvalue weighted by Gasteiger charge is 2.14. The average molecular weight is 457 g/mol. The number of terminal acetylenes is 1. The largest absolute Gasteiger partial charge is 0.448 e. The number of nitrogens with one attached hydrogen (secondary N) is 1. The fourth-order valence-electron chi connectivity index (χ4n) is 2.74. The minimum Gasteiger partial charge on any atom is -0.448 e. The summed E-state index contributed by atoms with van der Waals surface area (Å²) in [5.41, 5.74) is 2.13. The quantitative estimate of drug-likeness (QED) is 0.227. The molecule has 34 heavy (non-hydrogen) atoms. The van der Waals surface area contributed by atoms with Crippen LogP contribution in [0.15, 0.2) is 53.7 Å². The number of aryl methyl sites for hydroxylation is 2. The molecular weight excluding hydrogens is 434 g/mol. The number of pyridine rings is 1. The monoisotopic (exact) mass is 457 g/mol. The van der Waals surface area contributed by atoms with Gasteiger partial charge in [-0.15, -0.1) is 17.4 Å². The number of tetrazole rings is 1. The highest BCUT2D eigenvalue weighted by Crippen LogP contribution is 2.09. The predicted octanol–water partition coefficient (Wildman–Crippen LogP) is 2.58. The minimum atomic E-state index is -0.593. The molecule has 0 unspecified atom stereocenters. The Balaban J connectivity index is 1.49. The molecule has 0 atom stereocenters. The summed E-state index contributed by atoms with van der Waals surface area (Å²) in [5.74, 6) is 9.24. The van der Waals surface area contributed by atoms with Crippen molar-refractivity contribution in [3.63, 3.8) is 0 Å². The van der Waals surface area contributed by atoms with Crippen LogP contribution in [0.1, 0.15) is 29.9 Å². The van der Waals surface area contributed by atoms with E-state index < -0.39 is 6.09 Å². The van der Waals surface area contributed by atoms with E-state index in [1.165, 1.54) is 4.68 Å². The van der Waals surface area contributed by atoms with Crippen LogP contribution in [0.4, 0.5) is 10.6 Å². The summed E-state index contributed by atoms with van der Waals surface area (Å²) < 4.78 is 6.47. The third-order valence-corrected chi connectivity index (χ3v) is 4.32. The Kier molecular flexibility index (Phi) is 9.15. The first-order chi connectivity index (χ1) is 16.7. The lowest BCUT2D eigenvalue weighted by Gasteiger charge is -2.06. The van der Waals surface area contributed by atoms with Crippen molar-refractivity contribution >= 4 is 17.6 Å². The summed E-state index contributed by atoms with van der Waals surface area (Å²) in [6.45, 7) is 0.270. The molecule has 0 aliphatic carbocycles. The molecule has 0 fully saturated rings. The van der Waals surface area contributed by atoms with E-state index in [2.05, 4.69) is 48.7 Å². The predicted molar refractivity (Wildman–Crippen MR) is 126 cm³/mol. The highest BCUT2D eigenvalue weighted by atomic mass is 16.6. The SMILES string of the molecule is C#CCCOC(=O)Nc1cccc(CCC#CCO/N=C(/c2ccccc2)c2nnnn2C)n1. The lowest BCUT2D eigenvalue weighted by Crippen LogP contribution is -2.15. The number of aromatic nitrogens is 5. The number of oxime groups is 1. The Morgan fingerprint density at radius 2 is 2.00 bits per heavy atom. The fraction of sp³-hybridized carbons (Fsp3) is 0.250. The van der Waals surface area contributed by atoms with Gasteiger partial charge in [0, 0.05) is 37.6 Å². The van der Waals surface area contributed by atoms with Gasteiger partial charge in [-0.2, -0.15) is 0 Å². The van der Waals surface area contributed by atoms with Crippen molar-refractivity contribution in [1.29, 1.82) is 0 Å². The van der Waals surface area contributed by atoms with Gasteiger partial charge < -0.3 is 9.57 Å². The molecule has 0 spiro atoms. The maximum Gasteiger partial charge on any atom is 0.412 e. The minimum absolute atomic E-state index is 0.111. The van der Waals surface area contributed by atoms with Crippen LogP contribution in [0, 0.1) is 24.2 Å².